The predicted octanol–water partition coefficient (Wildman–Crippen LogP) is 4.61. The average molecular weight is 373 g/mol. The molecule has 4 nitrogen and oxygen atoms in total. The highest BCUT2D eigenvalue weighted by Crippen LogP contribution is 2.39. The molecule has 0 N–H and O–H groups in total. The van der Waals surface area contributed by atoms with Crippen molar-refractivity contribution in [3.05, 3.63) is 41.1 Å². The Labute approximate surface area is 145 Å². The zero-order chi connectivity index (χ0) is 17.4. The van der Waals surface area contributed by atoms with Gasteiger partial charge in [-0.1, -0.05) is 25.4 Å². The van der Waals surface area contributed by atoms with E-state index in [2.05, 4.69) is 15.1 Å². The highest BCUT2D eigenvalue weighted by atomic mass is 35.5. The van der Waals surface area contributed by atoms with Crippen LogP contribution in [-0.2, 0) is 0 Å². The standard InChI is InChI=1S/C15H12ClF3N4S/c1-7(2)5-24-14-12(11-9(18)3-8(17)4-10(11)19)13(16)22-15-20-6-21-23(14)15/h3-4,6-7H,5H2,1-2H3. The van der Waals surface area contributed by atoms with Crippen molar-refractivity contribution in [3.63, 3.8) is 0 Å². The predicted molar refractivity (Wildman–Crippen MR) is 86.7 cm³/mol. The van der Waals surface area contributed by atoms with Gasteiger partial charge in [-0.2, -0.15) is 19.6 Å². The Kier molecular flexibility index (Phi) is 4.69. The van der Waals surface area contributed by atoms with Crippen LogP contribution in [0.15, 0.2) is 23.5 Å². The summed E-state index contributed by atoms with van der Waals surface area (Å²) in [7, 11) is 0. The number of hydrogen-bond donors (Lipinski definition) is 0. The Morgan fingerprint density at radius 3 is 2.46 bits per heavy atom. The van der Waals surface area contributed by atoms with E-state index < -0.39 is 23.0 Å². The van der Waals surface area contributed by atoms with Crippen LogP contribution < -0.4 is 0 Å². The van der Waals surface area contributed by atoms with Gasteiger partial charge in [0.1, 0.15) is 34.0 Å². The molecular weight excluding hydrogens is 361 g/mol. The van der Waals surface area contributed by atoms with E-state index in [-0.39, 0.29) is 16.5 Å². The Morgan fingerprint density at radius 1 is 1.17 bits per heavy atom. The molecule has 0 saturated carbocycles. The molecule has 3 aromatic rings. The summed E-state index contributed by atoms with van der Waals surface area (Å²) in [6.07, 6.45) is 1.28. The van der Waals surface area contributed by atoms with Gasteiger partial charge in [-0.05, 0) is 5.92 Å². The van der Waals surface area contributed by atoms with Gasteiger partial charge < -0.3 is 0 Å². The van der Waals surface area contributed by atoms with Gasteiger partial charge in [0.25, 0.3) is 5.78 Å². The number of rotatable bonds is 4. The quantitative estimate of drug-likeness (QED) is 0.495. The van der Waals surface area contributed by atoms with Crippen LogP contribution in [0.5, 0.6) is 0 Å². The molecule has 0 amide bonds. The first-order chi connectivity index (χ1) is 11.4. The molecule has 1 aromatic carbocycles. The molecule has 2 heterocycles. The highest BCUT2D eigenvalue weighted by Gasteiger charge is 2.24. The van der Waals surface area contributed by atoms with Crippen molar-refractivity contribution in [2.75, 3.05) is 5.75 Å². The first-order valence-electron chi connectivity index (χ1n) is 7.05. The number of halogens is 4. The van der Waals surface area contributed by atoms with Gasteiger partial charge >= 0.3 is 0 Å². The molecule has 9 heteroatoms. The zero-order valence-electron chi connectivity index (χ0n) is 12.7. The molecule has 126 valence electrons. The van der Waals surface area contributed by atoms with Crippen molar-refractivity contribution >= 4 is 29.1 Å². The lowest BCUT2D eigenvalue weighted by molar-refractivity contribution is 0.547. The zero-order valence-corrected chi connectivity index (χ0v) is 14.3. The first-order valence-corrected chi connectivity index (χ1v) is 8.41. The van der Waals surface area contributed by atoms with Gasteiger partial charge in [0, 0.05) is 17.9 Å². The maximum atomic E-state index is 14.3. The highest BCUT2D eigenvalue weighted by molar-refractivity contribution is 7.99. The van der Waals surface area contributed by atoms with Crippen LogP contribution >= 0.6 is 23.4 Å². The molecular formula is C15H12ClF3N4S. The fourth-order valence-electron chi connectivity index (χ4n) is 2.16. The lowest BCUT2D eigenvalue weighted by Gasteiger charge is -2.14. The van der Waals surface area contributed by atoms with E-state index in [9.17, 15) is 13.2 Å². The number of hydrogen-bond acceptors (Lipinski definition) is 4. The van der Waals surface area contributed by atoms with Crippen molar-refractivity contribution in [1.82, 2.24) is 19.6 Å². The summed E-state index contributed by atoms with van der Waals surface area (Å²) in [6, 6.07) is 1.22. The normalized spacial score (nSPS) is 11.6. The third-order valence-electron chi connectivity index (χ3n) is 3.15. The van der Waals surface area contributed by atoms with Crippen molar-refractivity contribution in [1.29, 1.82) is 0 Å². The third-order valence-corrected chi connectivity index (χ3v) is 4.91. The van der Waals surface area contributed by atoms with Gasteiger partial charge in [-0.3, -0.25) is 0 Å². The van der Waals surface area contributed by atoms with Gasteiger partial charge in [-0.25, -0.2) is 13.2 Å². The van der Waals surface area contributed by atoms with E-state index in [1.165, 1.54) is 22.6 Å². The number of aromatic nitrogens is 4. The van der Waals surface area contributed by atoms with Crippen LogP contribution in [-0.4, -0.2) is 25.3 Å². The van der Waals surface area contributed by atoms with E-state index >= 15 is 0 Å². The van der Waals surface area contributed by atoms with Crippen LogP contribution in [0.1, 0.15) is 13.8 Å². The second-order valence-corrected chi connectivity index (χ2v) is 6.87. The molecule has 0 spiro atoms. The summed E-state index contributed by atoms with van der Waals surface area (Å²) in [6.45, 7) is 4.01. The molecule has 0 radical (unpaired) electrons. The minimum Gasteiger partial charge on any atom is -0.207 e. The van der Waals surface area contributed by atoms with E-state index in [0.29, 0.717) is 28.8 Å². The van der Waals surface area contributed by atoms with Gasteiger partial charge in [0.05, 0.1) is 11.1 Å². The largest absolute Gasteiger partial charge is 0.254 e. The SMILES string of the molecule is CC(C)CSc1c(-c2c(F)cc(F)cc2F)c(Cl)nc2ncnn12. The molecule has 0 unspecified atom stereocenters. The molecule has 0 aliphatic heterocycles. The van der Waals surface area contributed by atoms with Crippen LogP contribution in [0.2, 0.25) is 5.15 Å². The van der Waals surface area contributed by atoms with Crippen molar-refractivity contribution < 1.29 is 13.2 Å². The van der Waals surface area contributed by atoms with E-state index in [1.54, 1.807) is 0 Å². The Bertz CT molecular complexity index is 890. The number of benzene rings is 1. The van der Waals surface area contributed by atoms with Gasteiger partial charge in [0.15, 0.2) is 0 Å². The molecule has 0 saturated heterocycles. The van der Waals surface area contributed by atoms with Gasteiger partial charge in [0.2, 0.25) is 0 Å². The maximum absolute atomic E-state index is 14.3. The first kappa shape index (κ1) is 17.0. The van der Waals surface area contributed by atoms with Crippen molar-refractivity contribution in [2.24, 2.45) is 5.92 Å². The summed E-state index contributed by atoms with van der Waals surface area (Å²) in [5, 5.41) is 4.33. The molecule has 0 aliphatic rings. The maximum Gasteiger partial charge on any atom is 0.254 e. The number of nitrogens with zero attached hydrogens (tertiary/aromatic N) is 4. The van der Waals surface area contributed by atoms with Crippen molar-refractivity contribution in [3.8, 4) is 11.1 Å². The fraction of sp³-hybridized carbons (Fsp3) is 0.267. The Hall–Kier alpha value is -1.80. The van der Waals surface area contributed by atoms with Crippen LogP contribution in [0.25, 0.3) is 16.9 Å². The molecule has 3 rings (SSSR count). The Balaban J connectivity index is 2.30. The van der Waals surface area contributed by atoms with Crippen molar-refractivity contribution in [2.45, 2.75) is 18.9 Å². The number of fused-ring (bicyclic) bond motifs is 1. The van der Waals surface area contributed by atoms with E-state index in [0.717, 1.165) is 0 Å². The minimum absolute atomic E-state index is 0.0373. The Morgan fingerprint density at radius 2 is 1.83 bits per heavy atom. The second-order valence-electron chi connectivity index (χ2n) is 5.50. The smallest absolute Gasteiger partial charge is 0.207 e. The molecule has 0 aliphatic carbocycles. The molecule has 0 atom stereocenters. The van der Waals surface area contributed by atoms with Crippen LogP contribution in [0, 0.1) is 23.4 Å². The third kappa shape index (κ3) is 3.08. The molecule has 24 heavy (non-hydrogen) atoms. The summed E-state index contributed by atoms with van der Waals surface area (Å²) in [5.74, 6) is -1.92. The minimum atomic E-state index is -1.05. The summed E-state index contributed by atoms with van der Waals surface area (Å²) in [5.41, 5.74) is -0.395. The summed E-state index contributed by atoms with van der Waals surface area (Å²) >= 11 is 7.50. The van der Waals surface area contributed by atoms with Gasteiger partial charge in [-0.15, -0.1) is 11.8 Å². The molecule has 0 fully saturated rings. The molecule has 0 bridgehead atoms. The van der Waals surface area contributed by atoms with E-state index in [4.69, 9.17) is 11.6 Å². The number of thioether (sulfide) groups is 1. The second kappa shape index (κ2) is 6.60. The summed E-state index contributed by atoms with van der Waals surface area (Å²) in [4.78, 5) is 7.98. The topological polar surface area (TPSA) is 43.1 Å². The average Bonchev–Trinajstić information content (AvgIpc) is 2.93. The van der Waals surface area contributed by atoms with Crippen LogP contribution in [0.4, 0.5) is 13.2 Å². The lowest BCUT2D eigenvalue weighted by Crippen LogP contribution is -2.04. The molecule has 2 aromatic heterocycles. The lowest BCUT2D eigenvalue weighted by atomic mass is 10.1. The monoisotopic (exact) mass is 372 g/mol. The van der Waals surface area contributed by atoms with Crippen LogP contribution in [0.3, 0.4) is 0 Å². The summed E-state index contributed by atoms with van der Waals surface area (Å²) < 4.78 is 43.1. The fourth-order valence-corrected chi connectivity index (χ4v) is 3.56. The van der Waals surface area contributed by atoms with E-state index in [1.807, 2.05) is 13.8 Å².